The number of rotatable bonds is 4. The van der Waals surface area contributed by atoms with Crippen LogP contribution in [0.2, 0.25) is 0 Å². The summed E-state index contributed by atoms with van der Waals surface area (Å²) < 4.78 is 40.1. The van der Waals surface area contributed by atoms with Gasteiger partial charge in [0.15, 0.2) is 0 Å². The second-order valence-corrected chi connectivity index (χ2v) is 6.21. The normalized spacial score (nSPS) is 15.7. The van der Waals surface area contributed by atoms with Gasteiger partial charge in [0.2, 0.25) is 0 Å². The quantitative estimate of drug-likeness (QED) is 0.687. The summed E-state index contributed by atoms with van der Waals surface area (Å²) in [7, 11) is 0. The SMILES string of the molecule is Cl.[2H]C([2H])([2H])N(Cc1cccc2ccccc12)C([2H])([2H])/C=C/C#CC(C)(C)C. The van der Waals surface area contributed by atoms with Gasteiger partial charge in [-0.05, 0) is 50.2 Å². The Hall–Kier alpha value is -1.75. The Bertz CT molecular complexity index is 880. The minimum atomic E-state index is -2.59. The first kappa shape index (κ1) is 12.6. The maximum Gasteiger partial charge on any atom is 0.0475 e. The van der Waals surface area contributed by atoms with Crippen molar-refractivity contribution in [3.63, 3.8) is 0 Å². The van der Waals surface area contributed by atoms with Crippen LogP contribution in [0.3, 0.4) is 0 Å². The van der Waals surface area contributed by atoms with Crippen LogP contribution >= 0.6 is 12.4 Å². The molecule has 122 valence electrons. The fourth-order valence-corrected chi connectivity index (χ4v) is 2.07. The van der Waals surface area contributed by atoms with E-state index in [1.807, 2.05) is 63.2 Å². The minimum Gasteiger partial charge on any atom is -0.298 e. The second-order valence-electron chi connectivity index (χ2n) is 6.21. The molecule has 0 saturated heterocycles. The third-order valence-corrected chi connectivity index (χ3v) is 3.05. The van der Waals surface area contributed by atoms with Gasteiger partial charge < -0.3 is 0 Å². The van der Waals surface area contributed by atoms with E-state index in [9.17, 15) is 0 Å². The van der Waals surface area contributed by atoms with Crippen molar-refractivity contribution in [2.45, 2.75) is 27.3 Å². The molecule has 2 heteroatoms. The van der Waals surface area contributed by atoms with E-state index in [0.717, 1.165) is 21.2 Å². The van der Waals surface area contributed by atoms with Crippen LogP contribution in [0.4, 0.5) is 0 Å². The summed E-state index contributed by atoms with van der Waals surface area (Å²) >= 11 is 0. The standard InChI is InChI=1S/C21H25N.ClH/c1-21(2,3)15-8-5-9-16-22(4)17-19-13-10-12-18-11-6-7-14-20(18)19;/h5-7,9-14H,16-17H2,1-4H3;1H/b9-5+;/i4D3,16D2;. The number of hydrogen-bond donors (Lipinski definition) is 0. The lowest BCUT2D eigenvalue weighted by Crippen LogP contribution is -2.17. The topological polar surface area (TPSA) is 3.24 Å². The molecule has 0 heterocycles. The summed E-state index contributed by atoms with van der Waals surface area (Å²) in [5.74, 6) is 5.78. The van der Waals surface area contributed by atoms with E-state index in [4.69, 9.17) is 6.85 Å². The molecule has 0 aromatic heterocycles. The van der Waals surface area contributed by atoms with Gasteiger partial charge in [-0.2, -0.15) is 0 Å². The molecular weight excluding hydrogens is 302 g/mol. The zero-order valence-electron chi connectivity index (χ0n) is 18.8. The third kappa shape index (κ3) is 6.48. The second kappa shape index (κ2) is 8.77. The number of hydrogen-bond acceptors (Lipinski definition) is 1. The summed E-state index contributed by atoms with van der Waals surface area (Å²) in [6.45, 7) is 1.06. The van der Waals surface area contributed by atoms with Gasteiger partial charge in [0.05, 0.1) is 0 Å². The van der Waals surface area contributed by atoms with Gasteiger partial charge in [-0.3, -0.25) is 4.90 Å². The van der Waals surface area contributed by atoms with E-state index in [-0.39, 0.29) is 24.4 Å². The number of fused-ring (bicyclic) bond motifs is 1. The van der Waals surface area contributed by atoms with Crippen molar-refractivity contribution in [1.29, 1.82) is 0 Å². The lowest BCUT2D eigenvalue weighted by Gasteiger charge is -2.15. The molecule has 0 bridgehead atoms. The predicted molar refractivity (Wildman–Crippen MR) is 104 cm³/mol. The summed E-state index contributed by atoms with van der Waals surface area (Å²) in [6.07, 6.45) is 2.61. The lowest BCUT2D eigenvalue weighted by molar-refractivity contribution is 0.365. The Morgan fingerprint density at radius 2 is 1.91 bits per heavy atom. The van der Waals surface area contributed by atoms with E-state index in [0.29, 0.717) is 0 Å². The molecule has 1 nitrogen and oxygen atoms in total. The molecule has 0 atom stereocenters. The third-order valence-electron chi connectivity index (χ3n) is 3.05. The molecule has 23 heavy (non-hydrogen) atoms. The zero-order valence-corrected chi connectivity index (χ0v) is 14.6. The Balaban J connectivity index is 0.00000392. The number of allylic oxidation sites excluding steroid dienone is 1. The van der Waals surface area contributed by atoms with Gasteiger partial charge in [-0.25, -0.2) is 0 Å². The molecule has 2 aromatic rings. The smallest absolute Gasteiger partial charge is 0.0475 e. The molecule has 2 aromatic carbocycles. The highest BCUT2D eigenvalue weighted by molar-refractivity contribution is 5.85. The molecule has 0 aliphatic heterocycles. The highest BCUT2D eigenvalue weighted by Gasteiger charge is 2.03. The average molecular weight is 333 g/mol. The van der Waals surface area contributed by atoms with E-state index in [1.54, 1.807) is 0 Å². The summed E-state index contributed by atoms with van der Waals surface area (Å²) in [5.41, 5.74) is 0.561. The largest absolute Gasteiger partial charge is 0.298 e. The Labute approximate surface area is 153 Å². The maximum atomic E-state index is 8.31. The fraction of sp³-hybridized carbons (Fsp3) is 0.333. The van der Waals surface area contributed by atoms with Crippen molar-refractivity contribution in [2.75, 3.05) is 13.5 Å². The van der Waals surface area contributed by atoms with Gasteiger partial charge in [0, 0.05) is 25.3 Å². The number of halogens is 1. The monoisotopic (exact) mass is 332 g/mol. The van der Waals surface area contributed by atoms with Crippen LogP contribution in [0.25, 0.3) is 10.8 Å². The van der Waals surface area contributed by atoms with Gasteiger partial charge in [-0.1, -0.05) is 60.4 Å². The Kier molecular flexibility index (Phi) is 4.82. The van der Waals surface area contributed by atoms with Crippen molar-refractivity contribution >= 4 is 23.2 Å². The number of nitrogens with zero attached hydrogens (tertiary/aromatic N) is 1. The molecule has 0 unspecified atom stereocenters. The summed E-state index contributed by atoms with van der Waals surface area (Å²) in [4.78, 5) is 0.886. The van der Waals surface area contributed by atoms with Crippen LogP contribution in [-0.4, -0.2) is 18.4 Å². The molecule has 0 amide bonds. The Morgan fingerprint density at radius 1 is 1.17 bits per heavy atom. The molecule has 0 fully saturated rings. The Morgan fingerprint density at radius 3 is 2.65 bits per heavy atom. The van der Waals surface area contributed by atoms with Crippen molar-refractivity contribution in [3.8, 4) is 11.8 Å². The van der Waals surface area contributed by atoms with E-state index < -0.39 is 13.5 Å². The molecule has 2 rings (SSSR count). The first-order valence-corrected chi connectivity index (χ1v) is 7.35. The maximum absolute atomic E-state index is 8.31. The molecule has 0 N–H and O–H groups in total. The first-order chi connectivity index (χ1) is 12.4. The van der Waals surface area contributed by atoms with Gasteiger partial charge in [0.25, 0.3) is 0 Å². The molecule has 0 saturated carbocycles. The van der Waals surface area contributed by atoms with Gasteiger partial charge in [-0.15, -0.1) is 12.4 Å². The van der Waals surface area contributed by atoms with Crippen LogP contribution in [0.15, 0.2) is 54.6 Å². The number of benzene rings is 2. The van der Waals surface area contributed by atoms with E-state index >= 15 is 0 Å². The molecule has 0 spiro atoms. The molecule has 0 radical (unpaired) electrons. The van der Waals surface area contributed by atoms with Crippen molar-refractivity contribution in [3.05, 3.63) is 60.2 Å². The summed E-state index contributed by atoms with van der Waals surface area (Å²) in [5, 5.41) is 1.91. The van der Waals surface area contributed by atoms with Crippen LogP contribution < -0.4 is 0 Å². The van der Waals surface area contributed by atoms with Crippen molar-refractivity contribution in [1.82, 2.24) is 4.90 Å². The van der Waals surface area contributed by atoms with Crippen LogP contribution in [0.1, 0.15) is 33.2 Å². The van der Waals surface area contributed by atoms with Gasteiger partial charge >= 0.3 is 0 Å². The van der Waals surface area contributed by atoms with E-state index in [2.05, 4.69) is 11.8 Å². The van der Waals surface area contributed by atoms with E-state index in [1.165, 1.54) is 12.2 Å². The average Bonchev–Trinajstić information content (AvgIpc) is 2.54. The van der Waals surface area contributed by atoms with Crippen molar-refractivity contribution in [2.24, 2.45) is 5.41 Å². The fourth-order valence-electron chi connectivity index (χ4n) is 2.07. The van der Waals surface area contributed by atoms with Crippen molar-refractivity contribution < 1.29 is 6.85 Å². The summed E-state index contributed by atoms with van der Waals surface area (Å²) in [6, 6.07) is 13.3. The zero-order chi connectivity index (χ0) is 20.3. The number of likely N-dealkylation sites (N-methyl/N-ethyl adjacent to an activating group) is 1. The van der Waals surface area contributed by atoms with Crippen LogP contribution in [0, 0.1) is 17.3 Å². The highest BCUT2D eigenvalue weighted by atomic mass is 35.5. The van der Waals surface area contributed by atoms with Crippen LogP contribution in [0.5, 0.6) is 0 Å². The first-order valence-electron chi connectivity index (χ1n) is 9.85. The minimum absolute atomic E-state index is 0. The van der Waals surface area contributed by atoms with Gasteiger partial charge in [0.1, 0.15) is 0 Å². The highest BCUT2D eigenvalue weighted by Crippen LogP contribution is 2.19. The van der Waals surface area contributed by atoms with Crippen LogP contribution in [-0.2, 0) is 6.54 Å². The molecule has 0 aliphatic rings. The molecular formula is C21H26ClN. The predicted octanol–water partition coefficient (Wildman–Crippen LogP) is 5.30. The molecule has 0 aliphatic carbocycles. The lowest BCUT2D eigenvalue weighted by atomic mass is 9.98.